The molecule has 7 nitrogen and oxygen atoms in total. The van der Waals surface area contributed by atoms with Crippen LogP contribution in [-0.2, 0) is 15.0 Å². The van der Waals surface area contributed by atoms with Crippen LogP contribution in [0.1, 0.15) is 50.7 Å². The predicted molar refractivity (Wildman–Crippen MR) is 141 cm³/mol. The Morgan fingerprint density at radius 1 is 1.24 bits per heavy atom. The summed E-state index contributed by atoms with van der Waals surface area (Å²) in [4.78, 5) is 27.6. The highest BCUT2D eigenvalue weighted by molar-refractivity contribution is 6.31. The van der Waals surface area contributed by atoms with Gasteiger partial charge in [-0.05, 0) is 53.6 Å². The maximum Gasteiger partial charge on any atom is 0.237 e. The van der Waals surface area contributed by atoms with Crippen molar-refractivity contribution in [1.82, 2.24) is 10.6 Å². The first-order valence-electron chi connectivity index (χ1n) is 12.3. The molecule has 2 aliphatic heterocycles. The van der Waals surface area contributed by atoms with Crippen LogP contribution >= 0.6 is 23.2 Å². The second kappa shape index (κ2) is 10.5. The number of fused-ring (bicyclic) bond motifs is 2. The van der Waals surface area contributed by atoms with Crippen molar-refractivity contribution in [2.24, 2.45) is 5.41 Å². The summed E-state index contributed by atoms with van der Waals surface area (Å²) in [6, 6.07) is 8.22. The van der Waals surface area contributed by atoms with Crippen molar-refractivity contribution in [1.29, 1.82) is 0 Å². The van der Waals surface area contributed by atoms with E-state index in [4.69, 9.17) is 28.3 Å². The summed E-state index contributed by atoms with van der Waals surface area (Å²) in [6.07, 6.45) is -0.313. The predicted octanol–water partition coefficient (Wildman–Crippen LogP) is 3.74. The van der Waals surface area contributed by atoms with Gasteiger partial charge in [-0.3, -0.25) is 9.59 Å². The molecule has 2 aromatic carbocycles. The zero-order valence-corrected chi connectivity index (χ0v) is 22.5. The average molecular weight is 552 g/mol. The molecule has 2 aliphatic rings. The van der Waals surface area contributed by atoms with Gasteiger partial charge in [0.2, 0.25) is 11.8 Å². The number of benzene rings is 2. The lowest BCUT2D eigenvalue weighted by Gasteiger charge is -2.37. The summed E-state index contributed by atoms with van der Waals surface area (Å²) in [5, 5.41) is 28.5. The van der Waals surface area contributed by atoms with E-state index in [1.54, 1.807) is 24.3 Å². The Hall–Kier alpha value is -2.23. The molecule has 0 unspecified atom stereocenters. The summed E-state index contributed by atoms with van der Waals surface area (Å²) in [6.45, 7) is 5.82. The van der Waals surface area contributed by atoms with E-state index in [2.05, 4.69) is 16.0 Å². The molecule has 1 saturated heterocycles. The summed E-state index contributed by atoms with van der Waals surface area (Å²) in [5.41, 5.74) is -0.110. The Labute approximate surface area is 225 Å². The fourth-order valence-electron chi connectivity index (χ4n) is 5.71. The molecular weight excluding hydrogens is 520 g/mol. The Balaban J connectivity index is 1.90. The minimum Gasteiger partial charge on any atom is -0.396 e. The van der Waals surface area contributed by atoms with E-state index >= 15 is 0 Å². The number of hydrogen-bond donors (Lipinski definition) is 5. The molecule has 10 heteroatoms. The SMILES string of the molecule is CC(C)(C)C[C@H]1N[C@@H](C(=O)NC[C@@H](O)CCO)[C@H](c2cccc(Cl)c2)[C@@]12C(=O)Nc1cc(Cl)c(F)cc12. The molecule has 2 aromatic rings. The second-order valence-electron chi connectivity index (χ2n) is 11.0. The van der Waals surface area contributed by atoms with Gasteiger partial charge in [0.1, 0.15) is 11.2 Å². The van der Waals surface area contributed by atoms with Crippen molar-refractivity contribution >= 4 is 40.7 Å². The highest BCUT2D eigenvalue weighted by Gasteiger charge is 2.65. The van der Waals surface area contributed by atoms with Gasteiger partial charge in [-0.2, -0.15) is 0 Å². The van der Waals surface area contributed by atoms with E-state index in [0.717, 1.165) is 0 Å². The molecule has 1 spiro atoms. The molecule has 0 aliphatic carbocycles. The van der Waals surface area contributed by atoms with Gasteiger partial charge in [-0.25, -0.2) is 4.39 Å². The Morgan fingerprint density at radius 2 is 1.97 bits per heavy atom. The zero-order valence-electron chi connectivity index (χ0n) is 20.9. The lowest BCUT2D eigenvalue weighted by molar-refractivity contribution is -0.124. The molecule has 0 bridgehead atoms. The van der Waals surface area contributed by atoms with Crippen LogP contribution in [0.4, 0.5) is 10.1 Å². The van der Waals surface area contributed by atoms with Crippen molar-refractivity contribution in [3.05, 3.63) is 63.4 Å². The smallest absolute Gasteiger partial charge is 0.237 e. The average Bonchev–Trinajstić information content (AvgIpc) is 3.27. The van der Waals surface area contributed by atoms with Gasteiger partial charge in [0.15, 0.2) is 0 Å². The zero-order chi connectivity index (χ0) is 27.1. The molecule has 200 valence electrons. The van der Waals surface area contributed by atoms with E-state index in [-0.39, 0.29) is 35.9 Å². The molecule has 5 N–H and O–H groups in total. The number of hydrogen-bond acceptors (Lipinski definition) is 5. The lowest BCUT2D eigenvalue weighted by atomic mass is 9.62. The Kier molecular flexibility index (Phi) is 7.89. The van der Waals surface area contributed by atoms with Gasteiger partial charge in [0, 0.05) is 35.8 Å². The van der Waals surface area contributed by atoms with Crippen molar-refractivity contribution in [3.8, 4) is 0 Å². The maximum absolute atomic E-state index is 14.9. The molecule has 2 heterocycles. The number of rotatable bonds is 7. The lowest BCUT2D eigenvalue weighted by Crippen LogP contribution is -2.49. The van der Waals surface area contributed by atoms with Gasteiger partial charge in [-0.1, -0.05) is 56.1 Å². The van der Waals surface area contributed by atoms with Crippen LogP contribution < -0.4 is 16.0 Å². The number of amides is 2. The van der Waals surface area contributed by atoms with Gasteiger partial charge < -0.3 is 26.2 Å². The topological polar surface area (TPSA) is 111 Å². The van der Waals surface area contributed by atoms with E-state index in [1.807, 2.05) is 20.8 Å². The van der Waals surface area contributed by atoms with Crippen LogP contribution in [0.5, 0.6) is 0 Å². The number of anilines is 1. The summed E-state index contributed by atoms with van der Waals surface area (Å²) in [5.74, 6) is -2.19. The molecule has 4 rings (SSSR count). The van der Waals surface area contributed by atoms with E-state index in [1.165, 1.54) is 12.1 Å². The van der Waals surface area contributed by atoms with Crippen molar-refractivity contribution in [2.45, 2.75) is 63.1 Å². The molecule has 0 aromatic heterocycles. The maximum atomic E-state index is 14.9. The van der Waals surface area contributed by atoms with Gasteiger partial charge in [-0.15, -0.1) is 0 Å². The molecule has 1 fully saturated rings. The monoisotopic (exact) mass is 551 g/mol. The normalized spacial score (nSPS) is 25.7. The minimum absolute atomic E-state index is 0.0657. The fourth-order valence-corrected chi connectivity index (χ4v) is 6.08. The number of nitrogens with one attached hydrogen (secondary N) is 3. The van der Waals surface area contributed by atoms with Gasteiger partial charge >= 0.3 is 0 Å². The van der Waals surface area contributed by atoms with Gasteiger partial charge in [0.05, 0.1) is 17.2 Å². The number of carbonyl (C=O) groups is 2. The number of aliphatic hydroxyl groups is 2. The molecular formula is C27H32Cl2FN3O4. The van der Waals surface area contributed by atoms with Crippen LogP contribution in [0.3, 0.4) is 0 Å². The minimum atomic E-state index is -1.34. The van der Waals surface area contributed by atoms with Crippen LogP contribution in [0.2, 0.25) is 10.0 Å². The van der Waals surface area contributed by atoms with Crippen LogP contribution in [0.15, 0.2) is 36.4 Å². The summed E-state index contributed by atoms with van der Waals surface area (Å²) in [7, 11) is 0. The number of halogens is 3. The largest absolute Gasteiger partial charge is 0.396 e. The Bertz CT molecular complexity index is 1200. The first-order chi connectivity index (χ1) is 17.4. The van der Waals surface area contributed by atoms with Crippen molar-refractivity contribution in [2.75, 3.05) is 18.5 Å². The van der Waals surface area contributed by atoms with E-state index in [0.29, 0.717) is 28.3 Å². The third-order valence-corrected chi connectivity index (χ3v) is 7.69. The molecule has 0 radical (unpaired) electrons. The van der Waals surface area contributed by atoms with Crippen molar-refractivity contribution in [3.63, 3.8) is 0 Å². The van der Waals surface area contributed by atoms with Crippen LogP contribution in [0.25, 0.3) is 0 Å². The third kappa shape index (κ3) is 5.22. The van der Waals surface area contributed by atoms with Crippen molar-refractivity contribution < 1.29 is 24.2 Å². The second-order valence-corrected chi connectivity index (χ2v) is 11.9. The molecule has 5 atom stereocenters. The highest BCUT2D eigenvalue weighted by Crippen LogP contribution is 2.57. The van der Waals surface area contributed by atoms with E-state index < -0.39 is 41.2 Å². The molecule has 0 saturated carbocycles. The van der Waals surface area contributed by atoms with Gasteiger partial charge in [0.25, 0.3) is 0 Å². The van der Waals surface area contributed by atoms with E-state index in [9.17, 15) is 19.1 Å². The highest BCUT2D eigenvalue weighted by atomic mass is 35.5. The third-order valence-electron chi connectivity index (χ3n) is 7.17. The summed E-state index contributed by atoms with van der Waals surface area (Å²) >= 11 is 12.4. The first kappa shape index (κ1) is 27.8. The molecule has 2 amide bonds. The number of carbonyl (C=O) groups excluding carboxylic acids is 2. The Morgan fingerprint density at radius 3 is 2.62 bits per heavy atom. The van der Waals surface area contributed by atoms with Crippen LogP contribution in [-0.4, -0.2) is 53.4 Å². The quantitative estimate of drug-likeness (QED) is 0.360. The van der Waals surface area contributed by atoms with Crippen LogP contribution in [0, 0.1) is 11.2 Å². The molecule has 37 heavy (non-hydrogen) atoms. The first-order valence-corrected chi connectivity index (χ1v) is 13.0. The number of aliphatic hydroxyl groups excluding tert-OH is 2. The fraction of sp³-hybridized carbons (Fsp3) is 0.481. The standard InChI is InChI=1S/C27H32Cl2FN3O4/c1-26(2,3)12-21-27(17-10-19(30)18(29)11-20(17)32-25(27)37)22(14-5-4-6-15(28)9-14)23(33-21)24(36)31-13-16(35)7-8-34/h4-6,9-11,16,21-23,33-35H,7-8,12-13H2,1-3H3,(H,31,36)(H,32,37)/t16-,21+,22-,23+,27-/m0/s1. The summed E-state index contributed by atoms with van der Waals surface area (Å²) < 4.78 is 14.9.